The van der Waals surface area contributed by atoms with E-state index in [2.05, 4.69) is 9.80 Å². The summed E-state index contributed by atoms with van der Waals surface area (Å²) < 4.78 is 4.96. The van der Waals surface area contributed by atoms with Crippen molar-refractivity contribution in [3.63, 3.8) is 0 Å². The van der Waals surface area contributed by atoms with Crippen LogP contribution >= 0.6 is 0 Å². The van der Waals surface area contributed by atoms with Crippen molar-refractivity contribution in [2.75, 3.05) is 39.3 Å². The van der Waals surface area contributed by atoms with Crippen LogP contribution in [0.1, 0.15) is 39.0 Å². The predicted molar refractivity (Wildman–Crippen MR) is 71.5 cm³/mol. The lowest BCUT2D eigenvalue weighted by Gasteiger charge is -2.37. The summed E-state index contributed by atoms with van der Waals surface area (Å²) in [5.41, 5.74) is 0. The first-order chi connectivity index (χ1) is 8.79. The largest absolute Gasteiger partial charge is 0.466 e. The van der Waals surface area contributed by atoms with Gasteiger partial charge in [0.2, 0.25) is 0 Å². The van der Waals surface area contributed by atoms with E-state index >= 15 is 0 Å². The second-order valence-electron chi connectivity index (χ2n) is 5.37. The Hall–Kier alpha value is -0.610. The fourth-order valence-electron chi connectivity index (χ4n) is 3.10. The van der Waals surface area contributed by atoms with Crippen LogP contribution in [0.5, 0.6) is 0 Å². The molecule has 0 aromatic rings. The van der Waals surface area contributed by atoms with Gasteiger partial charge in [0.05, 0.1) is 13.0 Å². The summed E-state index contributed by atoms with van der Waals surface area (Å²) in [5.74, 6) is -0.0595. The summed E-state index contributed by atoms with van der Waals surface area (Å²) in [6.45, 7) is 7.77. The molecule has 0 N–H and O–H groups in total. The fourth-order valence-corrected chi connectivity index (χ4v) is 3.10. The smallest absolute Gasteiger partial charge is 0.307 e. The summed E-state index contributed by atoms with van der Waals surface area (Å²) in [5, 5.41) is 0. The second-order valence-corrected chi connectivity index (χ2v) is 5.37. The molecule has 2 rings (SSSR count). The number of piperazine rings is 1. The maximum Gasteiger partial charge on any atom is 0.307 e. The summed E-state index contributed by atoms with van der Waals surface area (Å²) >= 11 is 0. The quantitative estimate of drug-likeness (QED) is 0.696. The summed E-state index contributed by atoms with van der Waals surface area (Å²) in [6, 6.07) is 0.845. The van der Waals surface area contributed by atoms with Gasteiger partial charge in [-0.05, 0) is 19.8 Å². The molecule has 1 saturated carbocycles. The maximum atomic E-state index is 11.3. The zero-order chi connectivity index (χ0) is 12.8. The van der Waals surface area contributed by atoms with Crippen LogP contribution in [0.3, 0.4) is 0 Å². The van der Waals surface area contributed by atoms with Gasteiger partial charge < -0.3 is 9.64 Å². The minimum absolute atomic E-state index is 0.0595. The lowest BCUT2D eigenvalue weighted by molar-refractivity contribution is -0.143. The lowest BCUT2D eigenvalue weighted by Crippen LogP contribution is -2.50. The van der Waals surface area contributed by atoms with Crippen molar-refractivity contribution in [3.8, 4) is 0 Å². The highest BCUT2D eigenvalue weighted by Gasteiger charge is 2.26. The molecule has 4 nitrogen and oxygen atoms in total. The minimum atomic E-state index is -0.0595. The molecule has 0 radical (unpaired) electrons. The molecule has 1 aliphatic heterocycles. The first-order valence-corrected chi connectivity index (χ1v) is 7.41. The molecule has 0 spiro atoms. The molecule has 0 unspecified atom stereocenters. The SMILES string of the molecule is CCOC(=O)CCN1CCN(C2CCCC2)CC1. The summed E-state index contributed by atoms with van der Waals surface area (Å²) in [7, 11) is 0. The van der Waals surface area contributed by atoms with Gasteiger partial charge in [0.15, 0.2) is 0 Å². The molecule has 1 heterocycles. The predicted octanol–water partition coefficient (Wildman–Crippen LogP) is 1.50. The third-order valence-corrected chi connectivity index (χ3v) is 4.19. The normalized spacial score (nSPS) is 23.4. The van der Waals surface area contributed by atoms with E-state index in [0.29, 0.717) is 13.0 Å². The molecule has 1 saturated heterocycles. The molecule has 1 aliphatic carbocycles. The van der Waals surface area contributed by atoms with E-state index in [1.807, 2.05) is 6.92 Å². The van der Waals surface area contributed by atoms with Gasteiger partial charge in [-0.3, -0.25) is 9.69 Å². The highest BCUT2D eigenvalue weighted by atomic mass is 16.5. The standard InChI is InChI=1S/C14H26N2O2/c1-2-18-14(17)7-8-15-9-11-16(12-10-15)13-5-3-4-6-13/h13H,2-12H2,1H3. The third kappa shape index (κ3) is 3.95. The summed E-state index contributed by atoms with van der Waals surface area (Å²) in [6.07, 6.45) is 6.14. The molecule has 18 heavy (non-hydrogen) atoms. The Morgan fingerprint density at radius 2 is 1.83 bits per heavy atom. The molecule has 0 bridgehead atoms. The van der Waals surface area contributed by atoms with Gasteiger partial charge in [0.1, 0.15) is 0 Å². The Morgan fingerprint density at radius 3 is 2.44 bits per heavy atom. The Bertz CT molecular complexity index is 257. The molecular formula is C14H26N2O2. The van der Waals surface area contributed by atoms with Crippen molar-refractivity contribution in [1.29, 1.82) is 0 Å². The van der Waals surface area contributed by atoms with E-state index in [1.54, 1.807) is 0 Å². The average Bonchev–Trinajstić information content (AvgIpc) is 2.91. The van der Waals surface area contributed by atoms with Crippen LogP contribution in [-0.2, 0) is 9.53 Å². The van der Waals surface area contributed by atoms with Gasteiger partial charge in [-0.2, -0.15) is 0 Å². The van der Waals surface area contributed by atoms with Crippen LogP contribution in [0.4, 0.5) is 0 Å². The molecule has 2 fully saturated rings. The maximum absolute atomic E-state index is 11.3. The van der Waals surface area contributed by atoms with Crippen LogP contribution < -0.4 is 0 Å². The fraction of sp³-hybridized carbons (Fsp3) is 0.929. The number of carbonyl (C=O) groups is 1. The second kappa shape index (κ2) is 7.10. The van der Waals surface area contributed by atoms with Gasteiger partial charge in [0.25, 0.3) is 0 Å². The van der Waals surface area contributed by atoms with E-state index in [4.69, 9.17) is 4.74 Å². The number of hydrogen-bond acceptors (Lipinski definition) is 4. The minimum Gasteiger partial charge on any atom is -0.466 e. The Labute approximate surface area is 110 Å². The third-order valence-electron chi connectivity index (χ3n) is 4.19. The monoisotopic (exact) mass is 254 g/mol. The topological polar surface area (TPSA) is 32.8 Å². The van der Waals surface area contributed by atoms with Gasteiger partial charge in [0, 0.05) is 38.8 Å². The molecule has 0 aromatic heterocycles. The molecule has 4 heteroatoms. The van der Waals surface area contributed by atoms with Crippen molar-refractivity contribution in [3.05, 3.63) is 0 Å². The van der Waals surface area contributed by atoms with Gasteiger partial charge >= 0.3 is 5.97 Å². The van der Waals surface area contributed by atoms with Gasteiger partial charge in [-0.15, -0.1) is 0 Å². The lowest BCUT2D eigenvalue weighted by atomic mass is 10.2. The van der Waals surface area contributed by atoms with Gasteiger partial charge in [-0.25, -0.2) is 0 Å². The Morgan fingerprint density at radius 1 is 1.17 bits per heavy atom. The number of nitrogens with zero attached hydrogens (tertiary/aromatic N) is 2. The highest BCUT2D eigenvalue weighted by molar-refractivity contribution is 5.69. The zero-order valence-electron chi connectivity index (χ0n) is 11.6. The van der Waals surface area contributed by atoms with Crippen molar-refractivity contribution in [1.82, 2.24) is 9.80 Å². The number of esters is 1. The van der Waals surface area contributed by atoms with Crippen LogP contribution in [0.2, 0.25) is 0 Å². The van der Waals surface area contributed by atoms with Gasteiger partial charge in [-0.1, -0.05) is 12.8 Å². The van der Waals surface area contributed by atoms with E-state index in [-0.39, 0.29) is 5.97 Å². The van der Waals surface area contributed by atoms with Crippen LogP contribution in [0.15, 0.2) is 0 Å². The van der Waals surface area contributed by atoms with Crippen LogP contribution in [-0.4, -0.2) is 61.1 Å². The number of carbonyl (C=O) groups excluding carboxylic acids is 1. The molecule has 0 atom stereocenters. The van der Waals surface area contributed by atoms with Crippen molar-refractivity contribution < 1.29 is 9.53 Å². The molecule has 2 aliphatic rings. The van der Waals surface area contributed by atoms with E-state index < -0.39 is 0 Å². The van der Waals surface area contributed by atoms with Crippen molar-refractivity contribution >= 4 is 5.97 Å². The van der Waals surface area contributed by atoms with E-state index in [1.165, 1.54) is 38.8 Å². The number of rotatable bonds is 5. The highest BCUT2D eigenvalue weighted by Crippen LogP contribution is 2.24. The van der Waals surface area contributed by atoms with Crippen LogP contribution in [0.25, 0.3) is 0 Å². The average molecular weight is 254 g/mol. The first-order valence-electron chi connectivity index (χ1n) is 7.41. The molecule has 0 aromatic carbocycles. The molecule has 104 valence electrons. The molecule has 0 amide bonds. The summed E-state index contributed by atoms with van der Waals surface area (Å²) in [4.78, 5) is 16.3. The Balaban J connectivity index is 1.62. The number of hydrogen-bond donors (Lipinski definition) is 0. The van der Waals surface area contributed by atoms with E-state index in [9.17, 15) is 4.79 Å². The molecular weight excluding hydrogens is 228 g/mol. The first kappa shape index (κ1) is 13.8. The number of ether oxygens (including phenoxy) is 1. The van der Waals surface area contributed by atoms with Crippen molar-refractivity contribution in [2.45, 2.75) is 45.1 Å². The van der Waals surface area contributed by atoms with Crippen LogP contribution in [0, 0.1) is 0 Å². The zero-order valence-corrected chi connectivity index (χ0v) is 11.6. The Kier molecular flexibility index (Phi) is 5.45. The van der Waals surface area contributed by atoms with Crippen molar-refractivity contribution in [2.24, 2.45) is 0 Å². The van der Waals surface area contributed by atoms with E-state index in [0.717, 1.165) is 25.7 Å².